The van der Waals surface area contributed by atoms with E-state index < -0.39 is 0 Å². The highest BCUT2D eigenvalue weighted by Gasteiger charge is 2.38. The lowest BCUT2D eigenvalue weighted by Crippen LogP contribution is -2.29. The van der Waals surface area contributed by atoms with Crippen LogP contribution in [-0.4, -0.2) is 4.98 Å². The van der Waals surface area contributed by atoms with E-state index in [4.69, 9.17) is 0 Å². The van der Waals surface area contributed by atoms with E-state index in [1.807, 2.05) is 18.5 Å². The van der Waals surface area contributed by atoms with Crippen molar-refractivity contribution in [3.8, 4) is 0 Å². The second kappa shape index (κ2) is 4.74. The summed E-state index contributed by atoms with van der Waals surface area (Å²) in [5, 5.41) is 3.73. The Balaban J connectivity index is 1.83. The van der Waals surface area contributed by atoms with Gasteiger partial charge < -0.3 is 5.32 Å². The van der Waals surface area contributed by atoms with Crippen LogP contribution < -0.4 is 5.32 Å². The van der Waals surface area contributed by atoms with Crippen molar-refractivity contribution in [2.45, 2.75) is 18.4 Å². The molecule has 0 saturated carbocycles. The van der Waals surface area contributed by atoms with E-state index >= 15 is 0 Å². The van der Waals surface area contributed by atoms with Crippen LogP contribution in [-0.2, 0) is 0 Å². The zero-order valence-corrected chi connectivity index (χ0v) is 12.5. The molecule has 1 aromatic carbocycles. The average Bonchev–Trinajstić information content (AvgIpc) is 2.97. The number of benzene rings is 1. The van der Waals surface area contributed by atoms with Crippen molar-refractivity contribution >= 4 is 21.6 Å². The Kier molecular flexibility index (Phi) is 2.88. The predicted octanol–water partition coefficient (Wildman–Crippen LogP) is 4.67. The van der Waals surface area contributed by atoms with Gasteiger partial charge in [-0.1, -0.05) is 30.4 Å². The molecule has 0 fully saturated rings. The highest BCUT2D eigenvalue weighted by molar-refractivity contribution is 9.10. The fourth-order valence-corrected chi connectivity index (χ4v) is 3.97. The normalized spacial score (nSPS) is 26.8. The highest BCUT2D eigenvalue weighted by atomic mass is 79.9. The van der Waals surface area contributed by atoms with Crippen LogP contribution in [0.25, 0.3) is 0 Å². The van der Waals surface area contributed by atoms with Crippen LogP contribution in [0.2, 0.25) is 0 Å². The van der Waals surface area contributed by atoms with Gasteiger partial charge in [0.1, 0.15) is 0 Å². The third kappa shape index (κ3) is 1.80. The summed E-state index contributed by atoms with van der Waals surface area (Å²) in [6, 6.07) is 11.0. The van der Waals surface area contributed by atoms with Gasteiger partial charge in [-0.25, -0.2) is 0 Å². The maximum absolute atomic E-state index is 4.28. The summed E-state index contributed by atoms with van der Waals surface area (Å²) < 4.78 is 1.14. The molecule has 20 heavy (non-hydrogen) atoms. The van der Waals surface area contributed by atoms with Crippen LogP contribution in [0.5, 0.6) is 0 Å². The molecular formula is C17H15BrN2. The number of hydrogen-bond acceptors (Lipinski definition) is 2. The molecule has 0 amide bonds. The molecule has 1 N–H and O–H groups in total. The minimum absolute atomic E-state index is 0.329. The van der Waals surface area contributed by atoms with Crippen molar-refractivity contribution < 1.29 is 0 Å². The summed E-state index contributed by atoms with van der Waals surface area (Å²) in [7, 11) is 0. The number of allylic oxidation sites excluding steroid dienone is 2. The van der Waals surface area contributed by atoms with Crippen LogP contribution in [0.3, 0.4) is 0 Å². The first-order valence-electron chi connectivity index (χ1n) is 6.96. The molecule has 0 saturated heterocycles. The molecule has 3 heteroatoms. The van der Waals surface area contributed by atoms with Crippen molar-refractivity contribution in [3.63, 3.8) is 0 Å². The Bertz CT molecular complexity index is 666. The van der Waals surface area contributed by atoms with E-state index in [0.717, 1.165) is 10.9 Å². The summed E-state index contributed by atoms with van der Waals surface area (Å²) in [6.07, 6.45) is 9.62. The highest BCUT2D eigenvalue weighted by Crippen LogP contribution is 2.51. The molecule has 1 aromatic heterocycles. The lowest BCUT2D eigenvalue weighted by Gasteiger charge is -2.37. The largest absolute Gasteiger partial charge is 0.377 e. The second-order valence-electron chi connectivity index (χ2n) is 5.47. The zero-order chi connectivity index (χ0) is 13.5. The van der Waals surface area contributed by atoms with Gasteiger partial charge in [-0.2, -0.15) is 0 Å². The number of aromatic nitrogens is 1. The maximum Gasteiger partial charge on any atom is 0.0569 e. The summed E-state index contributed by atoms with van der Waals surface area (Å²) in [4.78, 5) is 4.28. The predicted molar refractivity (Wildman–Crippen MR) is 84.7 cm³/mol. The fraction of sp³-hybridized carbons (Fsp3) is 0.235. The third-order valence-electron chi connectivity index (χ3n) is 4.39. The van der Waals surface area contributed by atoms with Gasteiger partial charge in [0.2, 0.25) is 0 Å². The van der Waals surface area contributed by atoms with Crippen molar-refractivity contribution in [1.29, 1.82) is 0 Å². The lowest BCUT2D eigenvalue weighted by atomic mass is 9.77. The van der Waals surface area contributed by atoms with E-state index in [2.05, 4.69) is 62.6 Å². The number of halogens is 1. The standard InChI is InChI=1S/C17H15BrN2/c18-15-8-2-7-14-12-5-1-6-13(12)16(20-17(14)15)11-4-3-9-19-10-11/h1-5,7-10,12-13,16,20H,6H2/t12-,13-,16-/m1/s1. The molecule has 2 heterocycles. The Labute approximate surface area is 127 Å². The minimum atomic E-state index is 0.329. The molecule has 2 aromatic rings. The van der Waals surface area contributed by atoms with Crippen LogP contribution in [0, 0.1) is 5.92 Å². The van der Waals surface area contributed by atoms with E-state index in [1.165, 1.54) is 16.8 Å². The molecule has 0 radical (unpaired) electrons. The Hall–Kier alpha value is -1.61. The molecule has 1 aliphatic heterocycles. The Morgan fingerprint density at radius 2 is 2.15 bits per heavy atom. The van der Waals surface area contributed by atoms with Gasteiger partial charge in [0.05, 0.1) is 11.7 Å². The van der Waals surface area contributed by atoms with Crippen LogP contribution in [0.1, 0.15) is 29.5 Å². The number of pyridine rings is 1. The maximum atomic E-state index is 4.28. The van der Waals surface area contributed by atoms with Crippen molar-refractivity contribution in [1.82, 2.24) is 4.98 Å². The van der Waals surface area contributed by atoms with Gasteiger partial charge in [0, 0.05) is 22.8 Å². The first-order chi connectivity index (χ1) is 9.84. The molecular weight excluding hydrogens is 312 g/mol. The second-order valence-corrected chi connectivity index (χ2v) is 6.32. The number of fused-ring (bicyclic) bond motifs is 3. The van der Waals surface area contributed by atoms with Gasteiger partial charge in [-0.05, 0) is 51.5 Å². The summed E-state index contributed by atoms with van der Waals surface area (Å²) in [6.45, 7) is 0. The van der Waals surface area contributed by atoms with Gasteiger partial charge >= 0.3 is 0 Å². The van der Waals surface area contributed by atoms with Crippen molar-refractivity contribution in [2.24, 2.45) is 5.92 Å². The topological polar surface area (TPSA) is 24.9 Å². The lowest BCUT2D eigenvalue weighted by molar-refractivity contribution is 0.424. The third-order valence-corrected chi connectivity index (χ3v) is 5.05. The molecule has 0 unspecified atom stereocenters. The molecule has 0 spiro atoms. The first kappa shape index (κ1) is 12.2. The first-order valence-corrected chi connectivity index (χ1v) is 7.75. The summed E-state index contributed by atoms with van der Waals surface area (Å²) >= 11 is 3.68. The smallest absolute Gasteiger partial charge is 0.0569 e. The summed E-state index contributed by atoms with van der Waals surface area (Å²) in [5.74, 6) is 1.09. The van der Waals surface area contributed by atoms with E-state index in [0.29, 0.717) is 17.9 Å². The molecule has 0 bridgehead atoms. The SMILES string of the molecule is Brc1cccc2c1N[C@H](c1cccnc1)[C@@H]1CC=C[C@@H]21. The quantitative estimate of drug-likeness (QED) is 0.770. The van der Waals surface area contributed by atoms with Crippen LogP contribution in [0.15, 0.2) is 59.4 Å². The number of anilines is 1. The Morgan fingerprint density at radius 3 is 3.00 bits per heavy atom. The van der Waals surface area contributed by atoms with Gasteiger partial charge in [-0.3, -0.25) is 4.98 Å². The van der Waals surface area contributed by atoms with E-state index in [-0.39, 0.29) is 0 Å². The monoisotopic (exact) mass is 326 g/mol. The number of nitrogens with zero attached hydrogens (tertiary/aromatic N) is 1. The fourth-order valence-electron chi connectivity index (χ4n) is 3.47. The van der Waals surface area contributed by atoms with Gasteiger partial charge in [0.25, 0.3) is 0 Å². The summed E-state index contributed by atoms with van der Waals surface area (Å²) in [5.41, 5.74) is 3.90. The molecule has 100 valence electrons. The van der Waals surface area contributed by atoms with Gasteiger partial charge in [0.15, 0.2) is 0 Å². The minimum Gasteiger partial charge on any atom is -0.377 e. The molecule has 1 aliphatic carbocycles. The van der Waals surface area contributed by atoms with Crippen LogP contribution >= 0.6 is 15.9 Å². The number of nitrogens with one attached hydrogen (secondary N) is 1. The Morgan fingerprint density at radius 1 is 1.20 bits per heavy atom. The number of rotatable bonds is 1. The van der Waals surface area contributed by atoms with Gasteiger partial charge in [-0.15, -0.1) is 0 Å². The zero-order valence-electron chi connectivity index (χ0n) is 11.0. The van der Waals surface area contributed by atoms with E-state index in [9.17, 15) is 0 Å². The molecule has 4 rings (SSSR count). The number of hydrogen-bond donors (Lipinski definition) is 1. The number of para-hydroxylation sites is 1. The van der Waals surface area contributed by atoms with E-state index in [1.54, 1.807) is 0 Å². The van der Waals surface area contributed by atoms with Crippen molar-refractivity contribution in [2.75, 3.05) is 5.32 Å². The van der Waals surface area contributed by atoms with Crippen LogP contribution in [0.4, 0.5) is 5.69 Å². The molecule has 2 aliphatic rings. The molecule has 2 nitrogen and oxygen atoms in total. The van der Waals surface area contributed by atoms with Crippen molar-refractivity contribution in [3.05, 3.63) is 70.5 Å². The average molecular weight is 327 g/mol. The molecule has 3 atom stereocenters.